The van der Waals surface area contributed by atoms with E-state index < -0.39 is 11.7 Å². The molecule has 0 saturated carbocycles. The lowest BCUT2D eigenvalue weighted by molar-refractivity contribution is 0.0528. The fourth-order valence-electron chi connectivity index (χ4n) is 1.05. The maximum atomic E-state index is 11.2. The molecule has 0 aromatic heterocycles. The van der Waals surface area contributed by atoms with Crippen LogP contribution in [0.3, 0.4) is 0 Å². The number of carbonyl (C=O) groups excluding carboxylic acids is 1. The highest BCUT2D eigenvalue weighted by atomic mass is 16.6. The minimum Gasteiger partial charge on any atom is -0.444 e. The van der Waals surface area contributed by atoms with Crippen molar-refractivity contribution in [3.63, 3.8) is 0 Å². The molecule has 0 bridgehead atoms. The van der Waals surface area contributed by atoms with Crippen LogP contribution in [-0.4, -0.2) is 30.8 Å². The van der Waals surface area contributed by atoms with Crippen LogP contribution in [0.2, 0.25) is 0 Å². The summed E-state index contributed by atoms with van der Waals surface area (Å²) < 4.78 is 5.08. The Hall–Kier alpha value is -1.21. The van der Waals surface area contributed by atoms with Crippen molar-refractivity contribution in [2.24, 2.45) is 0 Å². The highest BCUT2D eigenvalue weighted by Crippen LogP contribution is 2.05. The van der Waals surface area contributed by atoms with Crippen molar-refractivity contribution >= 4 is 6.09 Å². The van der Waals surface area contributed by atoms with Crippen LogP contribution in [0.5, 0.6) is 0 Å². The Morgan fingerprint density at radius 1 is 1.44 bits per heavy atom. The van der Waals surface area contributed by atoms with Gasteiger partial charge in [0, 0.05) is 13.1 Å². The monoisotopic (exact) mass is 226 g/mol. The Balaban J connectivity index is 3.60. The van der Waals surface area contributed by atoms with Crippen molar-refractivity contribution in [1.29, 1.82) is 0 Å². The van der Waals surface area contributed by atoms with Crippen molar-refractivity contribution in [2.75, 3.05) is 13.1 Å². The molecule has 16 heavy (non-hydrogen) atoms. The summed E-state index contributed by atoms with van der Waals surface area (Å²) in [5.74, 6) is 2.62. The number of ether oxygens (including phenoxy) is 1. The molecular weight excluding hydrogens is 204 g/mol. The van der Waals surface area contributed by atoms with Gasteiger partial charge in [0.25, 0.3) is 0 Å². The largest absolute Gasteiger partial charge is 0.444 e. The van der Waals surface area contributed by atoms with E-state index in [0.29, 0.717) is 13.1 Å². The molecule has 0 aliphatic rings. The zero-order valence-electron chi connectivity index (χ0n) is 10.6. The number of carbonyl (C=O) groups is 1. The van der Waals surface area contributed by atoms with Gasteiger partial charge in [-0.3, -0.25) is 0 Å². The Labute approximate surface area is 98.1 Å². The molecular formula is C12H22N2O2. The molecule has 0 aliphatic heterocycles. The maximum absolute atomic E-state index is 11.2. The number of terminal acetylenes is 1. The van der Waals surface area contributed by atoms with Crippen LogP contribution >= 0.6 is 0 Å². The van der Waals surface area contributed by atoms with Crippen molar-refractivity contribution < 1.29 is 9.53 Å². The van der Waals surface area contributed by atoms with Crippen LogP contribution in [-0.2, 0) is 4.74 Å². The molecule has 1 unspecified atom stereocenters. The van der Waals surface area contributed by atoms with E-state index in [-0.39, 0.29) is 6.04 Å². The molecule has 0 spiro atoms. The van der Waals surface area contributed by atoms with Crippen LogP contribution in [0.1, 0.15) is 34.1 Å². The van der Waals surface area contributed by atoms with Gasteiger partial charge < -0.3 is 15.4 Å². The molecule has 4 nitrogen and oxygen atoms in total. The van der Waals surface area contributed by atoms with Gasteiger partial charge in [0.1, 0.15) is 5.60 Å². The van der Waals surface area contributed by atoms with Crippen LogP contribution in [0.25, 0.3) is 0 Å². The summed E-state index contributed by atoms with van der Waals surface area (Å²) in [4.78, 5) is 11.2. The second kappa shape index (κ2) is 7.13. The van der Waals surface area contributed by atoms with Gasteiger partial charge in [-0.1, -0.05) is 12.8 Å². The van der Waals surface area contributed by atoms with Gasteiger partial charge in [0.05, 0.1) is 6.04 Å². The molecule has 2 N–H and O–H groups in total. The molecule has 0 fully saturated rings. The first-order valence-electron chi connectivity index (χ1n) is 5.55. The molecule has 0 radical (unpaired) electrons. The van der Waals surface area contributed by atoms with Crippen LogP contribution < -0.4 is 10.6 Å². The summed E-state index contributed by atoms with van der Waals surface area (Å²) in [6.07, 6.45) is 5.76. The zero-order valence-corrected chi connectivity index (χ0v) is 10.6. The Kier molecular flexibility index (Phi) is 6.59. The first-order valence-corrected chi connectivity index (χ1v) is 5.55. The number of amides is 1. The molecule has 92 valence electrons. The van der Waals surface area contributed by atoms with E-state index in [1.165, 1.54) is 0 Å². The molecule has 0 rings (SSSR count). The van der Waals surface area contributed by atoms with Crippen LogP contribution in [0.4, 0.5) is 4.79 Å². The molecule has 0 aromatic rings. The Morgan fingerprint density at radius 2 is 2.06 bits per heavy atom. The molecule has 1 atom stereocenters. The van der Waals surface area contributed by atoms with Gasteiger partial charge in [-0.25, -0.2) is 4.79 Å². The van der Waals surface area contributed by atoms with E-state index in [4.69, 9.17) is 11.2 Å². The SMILES string of the molecule is C#CC(CC)NCCNC(=O)OC(C)(C)C. The van der Waals surface area contributed by atoms with Crippen molar-refractivity contribution in [1.82, 2.24) is 10.6 Å². The molecule has 0 aliphatic carbocycles. The number of nitrogens with one attached hydrogen (secondary N) is 2. The summed E-state index contributed by atoms with van der Waals surface area (Å²) in [6.45, 7) is 8.65. The third-order valence-corrected chi connectivity index (χ3v) is 1.79. The fourth-order valence-corrected chi connectivity index (χ4v) is 1.05. The highest BCUT2D eigenvalue weighted by Gasteiger charge is 2.15. The van der Waals surface area contributed by atoms with E-state index in [1.54, 1.807) is 0 Å². The van der Waals surface area contributed by atoms with E-state index in [1.807, 2.05) is 27.7 Å². The third-order valence-electron chi connectivity index (χ3n) is 1.79. The van der Waals surface area contributed by atoms with Gasteiger partial charge in [0.2, 0.25) is 0 Å². The lowest BCUT2D eigenvalue weighted by atomic mass is 10.2. The average Bonchev–Trinajstić information content (AvgIpc) is 2.15. The van der Waals surface area contributed by atoms with Gasteiger partial charge >= 0.3 is 6.09 Å². The Morgan fingerprint density at radius 3 is 2.50 bits per heavy atom. The highest BCUT2D eigenvalue weighted by molar-refractivity contribution is 5.67. The second-order valence-corrected chi connectivity index (χ2v) is 4.51. The minimum atomic E-state index is -0.456. The first-order chi connectivity index (χ1) is 7.39. The van der Waals surface area contributed by atoms with Crippen LogP contribution in [0.15, 0.2) is 0 Å². The number of rotatable bonds is 5. The number of hydrogen-bond donors (Lipinski definition) is 2. The van der Waals surface area contributed by atoms with Gasteiger partial charge in [0.15, 0.2) is 0 Å². The standard InChI is InChI=1S/C12H22N2O2/c1-6-10(7-2)13-8-9-14-11(15)16-12(3,4)5/h1,10,13H,7-9H2,2-5H3,(H,14,15). The van der Waals surface area contributed by atoms with Crippen molar-refractivity contribution in [2.45, 2.75) is 45.8 Å². The Bertz CT molecular complexity index is 251. The van der Waals surface area contributed by atoms with E-state index in [9.17, 15) is 4.79 Å². The molecule has 4 heteroatoms. The molecule has 0 aromatic carbocycles. The van der Waals surface area contributed by atoms with Crippen molar-refractivity contribution in [3.05, 3.63) is 0 Å². The third kappa shape index (κ3) is 8.13. The summed E-state index contributed by atoms with van der Waals surface area (Å²) in [6, 6.07) is 0.0698. The van der Waals surface area contributed by atoms with E-state index in [0.717, 1.165) is 6.42 Å². The molecule has 1 amide bonds. The topological polar surface area (TPSA) is 50.4 Å². The van der Waals surface area contributed by atoms with Crippen LogP contribution in [0, 0.1) is 12.3 Å². The maximum Gasteiger partial charge on any atom is 0.407 e. The predicted molar refractivity (Wildman–Crippen MR) is 65.2 cm³/mol. The van der Waals surface area contributed by atoms with E-state index >= 15 is 0 Å². The minimum absolute atomic E-state index is 0.0698. The summed E-state index contributed by atoms with van der Waals surface area (Å²) in [5.41, 5.74) is -0.456. The normalized spacial score (nSPS) is 12.7. The summed E-state index contributed by atoms with van der Waals surface area (Å²) in [7, 11) is 0. The van der Waals surface area contributed by atoms with Gasteiger partial charge in [-0.2, -0.15) is 0 Å². The summed E-state index contributed by atoms with van der Waals surface area (Å²) >= 11 is 0. The predicted octanol–water partition coefficient (Wildman–Crippen LogP) is 1.51. The fraction of sp³-hybridized carbons (Fsp3) is 0.750. The van der Waals surface area contributed by atoms with Gasteiger partial charge in [-0.15, -0.1) is 6.42 Å². The zero-order chi connectivity index (χ0) is 12.6. The first kappa shape index (κ1) is 14.8. The quantitative estimate of drug-likeness (QED) is 0.552. The lowest BCUT2D eigenvalue weighted by Crippen LogP contribution is -2.38. The summed E-state index contributed by atoms with van der Waals surface area (Å²) in [5, 5.41) is 5.78. The molecule has 0 saturated heterocycles. The smallest absolute Gasteiger partial charge is 0.407 e. The second-order valence-electron chi connectivity index (χ2n) is 4.51. The molecule has 0 heterocycles. The van der Waals surface area contributed by atoms with Gasteiger partial charge in [-0.05, 0) is 27.2 Å². The van der Waals surface area contributed by atoms with Crippen molar-refractivity contribution in [3.8, 4) is 12.3 Å². The lowest BCUT2D eigenvalue weighted by Gasteiger charge is -2.20. The average molecular weight is 226 g/mol. The number of hydrogen-bond acceptors (Lipinski definition) is 3. The number of alkyl carbamates (subject to hydrolysis) is 1. The van der Waals surface area contributed by atoms with E-state index in [2.05, 4.69) is 16.6 Å².